The number of rotatable bonds is 7. The van der Waals surface area contributed by atoms with Crippen LogP contribution in [0.15, 0.2) is 6.07 Å². The predicted octanol–water partition coefficient (Wildman–Crippen LogP) is 3.75. The van der Waals surface area contributed by atoms with Gasteiger partial charge in [0, 0.05) is 18.5 Å². The summed E-state index contributed by atoms with van der Waals surface area (Å²) in [5.41, 5.74) is 0. The van der Waals surface area contributed by atoms with Crippen LogP contribution in [0.25, 0.3) is 0 Å². The molecule has 0 unspecified atom stereocenters. The smallest absolute Gasteiger partial charge is 0.392 e. The molecule has 0 saturated heterocycles. The third-order valence-corrected chi connectivity index (χ3v) is 2.43. The SMILES string of the molecule is CCCNc1cc(OCCC(F)(F)F)nc(C(C)C)n1. The molecular formula is C13H20F3N3O. The third kappa shape index (κ3) is 6.08. The molecule has 4 nitrogen and oxygen atoms in total. The van der Waals surface area contributed by atoms with Crippen molar-refractivity contribution >= 4 is 5.82 Å². The molecule has 0 amide bonds. The van der Waals surface area contributed by atoms with Gasteiger partial charge in [-0.15, -0.1) is 0 Å². The van der Waals surface area contributed by atoms with Crippen LogP contribution in [0.2, 0.25) is 0 Å². The van der Waals surface area contributed by atoms with Crippen molar-refractivity contribution in [3.8, 4) is 5.88 Å². The second kappa shape index (κ2) is 7.31. The summed E-state index contributed by atoms with van der Waals surface area (Å²) in [7, 11) is 0. The number of hydrogen-bond acceptors (Lipinski definition) is 4. The van der Waals surface area contributed by atoms with Gasteiger partial charge in [-0.2, -0.15) is 18.2 Å². The van der Waals surface area contributed by atoms with Crippen LogP contribution in [-0.4, -0.2) is 29.3 Å². The fourth-order valence-electron chi connectivity index (χ4n) is 1.39. The van der Waals surface area contributed by atoms with Crippen molar-refractivity contribution in [2.75, 3.05) is 18.5 Å². The maximum absolute atomic E-state index is 12.1. The van der Waals surface area contributed by atoms with Crippen LogP contribution < -0.4 is 10.1 Å². The van der Waals surface area contributed by atoms with Gasteiger partial charge >= 0.3 is 6.18 Å². The van der Waals surface area contributed by atoms with E-state index in [9.17, 15) is 13.2 Å². The second-order valence-corrected chi connectivity index (χ2v) is 4.74. The summed E-state index contributed by atoms with van der Waals surface area (Å²) in [6.07, 6.45) is -4.30. The van der Waals surface area contributed by atoms with Gasteiger partial charge in [-0.3, -0.25) is 0 Å². The number of alkyl halides is 3. The van der Waals surface area contributed by atoms with E-state index in [0.29, 0.717) is 11.6 Å². The number of aromatic nitrogens is 2. The Kier molecular flexibility index (Phi) is 6.04. The Balaban J connectivity index is 2.75. The van der Waals surface area contributed by atoms with Crippen LogP contribution >= 0.6 is 0 Å². The number of ether oxygens (including phenoxy) is 1. The van der Waals surface area contributed by atoms with Gasteiger partial charge in [0.1, 0.15) is 11.6 Å². The van der Waals surface area contributed by atoms with E-state index in [0.717, 1.165) is 13.0 Å². The Labute approximate surface area is 116 Å². The van der Waals surface area contributed by atoms with Gasteiger partial charge in [0.05, 0.1) is 13.0 Å². The van der Waals surface area contributed by atoms with E-state index in [2.05, 4.69) is 15.3 Å². The van der Waals surface area contributed by atoms with Crippen molar-refractivity contribution in [1.82, 2.24) is 9.97 Å². The zero-order valence-electron chi connectivity index (χ0n) is 11.9. The number of halogens is 3. The van der Waals surface area contributed by atoms with Crippen molar-refractivity contribution in [2.24, 2.45) is 0 Å². The molecule has 114 valence electrons. The Morgan fingerprint density at radius 1 is 1.30 bits per heavy atom. The van der Waals surface area contributed by atoms with Crippen LogP contribution in [0.4, 0.5) is 19.0 Å². The van der Waals surface area contributed by atoms with Crippen LogP contribution in [0.1, 0.15) is 45.4 Å². The standard InChI is InChI=1S/C13H20F3N3O/c1-4-6-17-10-8-11(19-12(18-10)9(2)3)20-7-5-13(14,15)16/h8-9H,4-7H2,1-3H3,(H,17,18,19). The molecule has 20 heavy (non-hydrogen) atoms. The molecule has 0 aliphatic heterocycles. The maximum atomic E-state index is 12.1. The summed E-state index contributed by atoms with van der Waals surface area (Å²) >= 11 is 0. The molecule has 0 aromatic carbocycles. The monoisotopic (exact) mass is 291 g/mol. The number of anilines is 1. The predicted molar refractivity (Wildman–Crippen MR) is 71.1 cm³/mol. The Bertz CT molecular complexity index is 422. The molecule has 0 bridgehead atoms. The average molecular weight is 291 g/mol. The summed E-state index contributed by atoms with van der Waals surface area (Å²) in [6, 6.07) is 1.53. The van der Waals surface area contributed by atoms with E-state index >= 15 is 0 Å². The largest absolute Gasteiger partial charge is 0.477 e. The summed E-state index contributed by atoms with van der Waals surface area (Å²) in [5.74, 6) is 1.37. The van der Waals surface area contributed by atoms with Crippen molar-refractivity contribution in [3.05, 3.63) is 11.9 Å². The van der Waals surface area contributed by atoms with Crippen LogP contribution in [0, 0.1) is 0 Å². The minimum atomic E-state index is -4.23. The second-order valence-electron chi connectivity index (χ2n) is 4.74. The van der Waals surface area contributed by atoms with Gasteiger partial charge in [0.25, 0.3) is 0 Å². The van der Waals surface area contributed by atoms with Gasteiger partial charge in [-0.1, -0.05) is 20.8 Å². The fraction of sp³-hybridized carbons (Fsp3) is 0.692. The third-order valence-electron chi connectivity index (χ3n) is 2.43. The topological polar surface area (TPSA) is 47.0 Å². The molecule has 0 aliphatic carbocycles. The van der Waals surface area contributed by atoms with Gasteiger partial charge in [0.2, 0.25) is 5.88 Å². The van der Waals surface area contributed by atoms with Crippen molar-refractivity contribution in [3.63, 3.8) is 0 Å². The summed E-state index contributed by atoms with van der Waals surface area (Å²) < 4.78 is 41.3. The van der Waals surface area contributed by atoms with Crippen LogP contribution in [0.3, 0.4) is 0 Å². The molecule has 7 heteroatoms. The van der Waals surface area contributed by atoms with Crippen molar-refractivity contribution in [1.29, 1.82) is 0 Å². The van der Waals surface area contributed by atoms with E-state index in [-0.39, 0.29) is 11.8 Å². The minimum absolute atomic E-state index is 0.0725. The van der Waals surface area contributed by atoms with E-state index in [1.165, 1.54) is 6.07 Å². The molecule has 0 radical (unpaired) electrons. The summed E-state index contributed by atoms with van der Waals surface area (Å²) in [5, 5.41) is 3.08. The highest BCUT2D eigenvalue weighted by Crippen LogP contribution is 2.22. The first-order valence-electron chi connectivity index (χ1n) is 6.64. The highest BCUT2D eigenvalue weighted by Gasteiger charge is 2.27. The quantitative estimate of drug-likeness (QED) is 0.831. The van der Waals surface area contributed by atoms with E-state index in [1.807, 2.05) is 20.8 Å². The first-order chi connectivity index (χ1) is 9.31. The highest BCUT2D eigenvalue weighted by atomic mass is 19.4. The van der Waals surface area contributed by atoms with Crippen molar-refractivity contribution < 1.29 is 17.9 Å². The zero-order chi connectivity index (χ0) is 15.2. The molecule has 0 atom stereocenters. The average Bonchev–Trinajstić information content (AvgIpc) is 2.34. The first-order valence-corrected chi connectivity index (χ1v) is 6.64. The lowest BCUT2D eigenvalue weighted by molar-refractivity contribution is -0.139. The van der Waals surface area contributed by atoms with E-state index in [4.69, 9.17) is 4.74 Å². The number of nitrogens with one attached hydrogen (secondary N) is 1. The molecule has 0 fully saturated rings. The van der Waals surface area contributed by atoms with E-state index < -0.39 is 19.2 Å². The highest BCUT2D eigenvalue weighted by molar-refractivity contribution is 5.38. The van der Waals surface area contributed by atoms with Gasteiger partial charge in [-0.05, 0) is 6.42 Å². The fourth-order valence-corrected chi connectivity index (χ4v) is 1.39. The lowest BCUT2D eigenvalue weighted by atomic mass is 10.2. The Morgan fingerprint density at radius 2 is 2.00 bits per heavy atom. The summed E-state index contributed by atoms with van der Waals surface area (Å²) in [4.78, 5) is 8.42. The number of hydrogen-bond donors (Lipinski definition) is 1. The molecule has 1 aromatic heterocycles. The van der Waals surface area contributed by atoms with Crippen molar-refractivity contribution in [2.45, 2.75) is 45.7 Å². The molecule has 0 saturated carbocycles. The van der Waals surface area contributed by atoms with Gasteiger partial charge in [0.15, 0.2) is 0 Å². The zero-order valence-corrected chi connectivity index (χ0v) is 11.9. The molecule has 1 heterocycles. The minimum Gasteiger partial charge on any atom is -0.477 e. The molecule has 0 spiro atoms. The molecule has 1 aromatic rings. The van der Waals surface area contributed by atoms with E-state index in [1.54, 1.807) is 0 Å². The maximum Gasteiger partial charge on any atom is 0.392 e. The molecule has 0 aliphatic rings. The summed E-state index contributed by atoms with van der Waals surface area (Å²) in [6.45, 7) is 6.14. The number of nitrogens with zero attached hydrogens (tertiary/aromatic N) is 2. The Morgan fingerprint density at radius 3 is 2.55 bits per heavy atom. The van der Waals surface area contributed by atoms with Gasteiger partial charge in [-0.25, -0.2) is 4.98 Å². The first kappa shape index (κ1) is 16.5. The Hall–Kier alpha value is -1.53. The lowest BCUT2D eigenvalue weighted by Crippen LogP contribution is -2.14. The van der Waals surface area contributed by atoms with Crippen LogP contribution in [-0.2, 0) is 0 Å². The van der Waals surface area contributed by atoms with Gasteiger partial charge < -0.3 is 10.1 Å². The van der Waals surface area contributed by atoms with Crippen LogP contribution in [0.5, 0.6) is 5.88 Å². The molecule has 1 rings (SSSR count). The lowest BCUT2D eigenvalue weighted by Gasteiger charge is -2.12. The molecule has 1 N–H and O–H groups in total. The normalized spacial score (nSPS) is 11.8. The molecular weight excluding hydrogens is 271 g/mol.